The number of aryl methyl sites for hydroxylation is 1. The number of esters is 1. The molecule has 0 N–H and O–H groups in total. The van der Waals surface area contributed by atoms with Crippen molar-refractivity contribution in [2.24, 2.45) is 0 Å². The van der Waals surface area contributed by atoms with Crippen molar-refractivity contribution in [1.29, 1.82) is 0 Å². The van der Waals surface area contributed by atoms with E-state index in [0.717, 1.165) is 41.7 Å². The van der Waals surface area contributed by atoms with Crippen LogP contribution in [0.2, 0.25) is 0 Å². The fraction of sp³-hybridized carbons (Fsp3) is 0.286. The van der Waals surface area contributed by atoms with E-state index < -0.39 is 5.97 Å². The lowest BCUT2D eigenvalue weighted by atomic mass is 10.0. The first-order valence-electron chi connectivity index (χ1n) is 9.93. The number of carbonyl (C=O) groups excluding carboxylic acids is 1. The van der Waals surface area contributed by atoms with Crippen LogP contribution < -0.4 is 5.56 Å². The molecule has 31 heavy (non-hydrogen) atoms. The van der Waals surface area contributed by atoms with Crippen LogP contribution in [-0.2, 0) is 24.2 Å². The highest BCUT2D eigenvalue weighted by Gasteiger charge is 2.26. The SMILES string of the molecule is COC(=O)c1c(Cn2cnc3c(cnn3-c3cccc(Br)c3)c2=O)nn2c1CCCC2. The van der Waals surface area contributed by atoms with Gasteiger partial charge in [-0.05, 0) is 37.5 Å². The molecule has 0 amide bonds. The van der Waals surface area contributed by atoms with Gasteiger partial charge in [-0.15, -0.1) is 0 Å². The third-order valence-electron chi connectivity index (χ3n) is 5.48. The van der Waals surface area contributed by atoms with Gasteiger partial charge in [-0.2, -0.15) is 10.2 Å². The molecule has 9 nitrogen and oxygen atoms in total. The minimum atomic E-state index is -0.428. The third-order valence-corrected chi connectivity index (χ3v) is 5.97. The molecule has 1 aliphatic heterocycles. The second-order valence-electron chi connectivity index (χ2n) is 7.39. The summed E-state index contributed by atoms with van der Waals surface area (Å²) in [5.74, 6) is -0.428. The predicted molar refractivity (Wildman–Crippen MR) is 116 cm³/mol. The maximum Gasteiger partial charge on any atom is 0.341 e. The van der Waals surface area contributed by atoms with Gasteiger partial charge in [-0.25, -0.2) is 14.5 Å². The Labute approximate surface area is 185 Å². The molecule has 4 aromatic rings. The van der Waals surface area contributed by atoms with Gasteiger partial charge in [0.2, 0.25) is 0 Å². The average molecular weight is 483 g/mol. The van der Waals surface area contributed by atoms with Crippen molar-refractivity contribution in [3.8, 4) is 5.69 Å². The molecule has 4 heterocycles. The van der Waals surface area contributed by atoms with E-state index in [1.807, 2.05) is 28.9 Å². The maximum absolute atomic E-state index is 13.1. The van der Waals surface area contributed by atoms with Crippen molar-refractivity contribution in [2.45, 2.75) is 32.4 Å². The van der Waals surface area contributed by atoms with Crippen LogP contribution in [0.5, 0.6) is 0 Å². The molecular weight excluding hydrogens is 464 g/mol. The van der Waals surface area contributed by atoms with E-state index in [1.54, 1.807) is 4.68 Å². The highest BCUT2D eigenvalue weighted by molar-refractivity contribution is 9.10. The molecular formula is C21H19BrN6O3. The summed E-state index contributed by atoms with van der Waals surface area (Å²) >= 11 is 3.45. The molecule has 0 saturated heterocycles. The van der Waals surface area contributed by atoms with Gasteiger partial charge in [0.1, 0.15) is 17.3 Å². The summed E-state index contributed by atoms with van der Waals surface area (Å²) in [5, 5.41) is 9.35. The number of carbonyl (C=O) groups is 1. The smallest absolute Gasteiger partial charge is 0.341 e. The number of halogens is 1. The standard InChI is InChI=1S/C21H19BrN6O3/c1-31-21(30)18-16(25-27-8-3-2-7-17(18)27)11-26-12-23-19-15(20(26)29)10-24-28(19)14-6-4-5-13(22)9-14/h4-6,9-10,12H,2-3,7-8,11H2,1H3. The van der Waals surface area contributed by atoms with Crippen LogP contribution in [0.4, 0.5) is 0 Å². The number of ether oxygens (including phenoxy) is 1. The zero-order valence-electron chi connectivity index (χ0n) is 16.8. The number of aromatic nitrogens is 6. The molecule has 10 heteroatoms. The minimum absolute atomic E-state index is 0.133. The van der Waals surface area contributed by atoms with Crippen molar-refractivity contribution in [1.82, 2.24) is 29.1 Å². The van der Waals surface area contributed by atoms with Crippen LogP contribution in [0, 0.1) is 0 Å². The van der Waals surface area contributed by atoms with E-state index >= 15 is 0 Å². The van der Waals surface area contributed by atoms with E-state index in [9.17, 15) is 9.59 Å². The van der Waals surface area contributed by atoms with Gasteiger partial charge in [-0.3, -0.25) is 14.0 Å². The van der Waals surface area contributed by atoms with Crippen LogP contribution in [0.3, 0.4) is 0 Å². The normalized spacial score (nSPS) is 13.4. The Bertz CT molecular complexity index is 1370. The number of hydrogen-bond acceptors (Lipinski definition) is 6. The quantitative estimate of drug-likeness (QED) is 0.414. The summed E-state index contributed by atoms with van der Waals surface area (Å²) in [4.78, 5) is 30.1. The second kappa shape index (κ2) is 7.77. The first-order valence-corrected chi connectivity index (χ1v) is 10.7. The van der Waals surface area contributed by atoms with Crippen LogP contribution >= 0.6 is 15.9 Å². The fourth-order valence-electron chi connectivity index (χ4n) is 4.01. The molecule has 1 aromatic carbocycles. The minimum Gasteiger partial charge on any atom is -0.465 e. The van der Waals surface area contributed by atoms with E-state index in [0.29, 0.717) is 22.3 Å². The van der Waals surface area contributed by atoms with Crippen molar-refractivity contribution in [3.05, 3.63) is 68.6 Å². The van der Waals surface area contributed by atoms with Gasteiger partial charge in [0.05, 0.1) is 36.9 Å². The van der Waals surface area contributed by atoms with E-state index in [-0.39, 0.29) is 12.1 Å². The predicted octanol–water partition coefficient (Wildman–Crippen LogP) is 2.71. The third kappa shape index (κ3) is 3.36. The highest BCUT2D eigenvalue weighted by atomic mass is 79.9. The first kappa shape index (κ1) is 19.7. The van der Waals surface area contributed by atoms with Gasteiger partial charge in [-0.1, -0.05) is 22.0 Å². The summed E-state index contributed by atoms with van der Waals surface area (Å²) in [5.41, 5.74) is 2.87. The van der Waals surface area contributed by atoms with Crippen LogP contribution in [0.15, 0.2) is 46.1 Å². The number of fused-ring (bicyclic) bond motifs is 2. The van der Waals surface area contributed by atoms with Crippen LogP contribution in [-0.4, -0.2) is 42.2 Å². The number of rotatable bonds is 4. The molecule has 158 valence electrons. The number of hydrogen-bond donors (Lipinski definition) is 0. The van der Waals surface area contributed by atoms with Gasteiger partial charge in [0, 0.05) is 11.0 Å². The first-order chi connectivity index (χ1) is 15.1. The number of benzene rings is 1. The molecule has 0 unspecified atom stereocenters. The second-order valence-corrected chi connectivity index (χ2v) is 8.31. The van der Waals surface area contributed by atoms with Crippen LogP contribution in [0.1, 0.15) is 34.6 Å². The van der Waals surface area contributed by atoms with Gasteiger partial charge < -0.3 is 4.74 Å². The Hall–Kier alpha value is -3.27. The molecule has 0 aliphatic carbocycles. The Kier molecular flexibility index (Phi) is 4.93. The van der Waals surface area contributed by atoms with E-state index in [4.69, 9.17) is 4.74 Å². The molecule has 5 rings (SSSR count). The largest absolute Gasteiger partial charge is 0.465 e. The van der Waals surface area contributed by atoms with Crippen LogP contribution in [0.25, 0.3) is 16.7 Å². The topological polar surface area (TPSA) is 96.8 Å². The molecule has 0 spiro atoms. The van der Waals surface area contributed by atoms with Gasteiger partial charge in [0.25, 0.3) is 5.56 Å². The number of methoxy groups -OCH3 is 1. The summed E-state index contributed by atoms with van der Waals surface area (Å²) in [7, 11) is 1.36. The zero-order valence-corrected chi connectivity index (χ0v) is 18.4. The molecule has 0 saturated carbocycles. The Morgan fingerprint density at radius 3 is 2.97 bits per heavy atom. The molecule has 0 atom stereocenters. The molecule has 1 aliphatic rings. The lowest BCUT2D eigenvalue weighted by Crippen LogP contribution is -2.22. The summed E-state index contributed by atoms with van der Waals surface area (Å²) in [6.07, 6.45) is 5.76. The highest BCUT2D eigenvalue weighted by Crippen LogP contribution is 2.23. The van der Waals surface area contributed by atoms with Crippen molar-refractivity contribution >= 4 is 32.9 Å². The van der Waals surface area contributed by atoms with Crippen molar-refractivity contribution in [3.63, 3.8) is 0 Å². The molecule has 3 aromatic heterocycles. The van der Waals surface area contributed by atoms with Gasteiger partial charge >= 0.3 is 5.97 Å². The lowest BCUT2D eigenvalue weighted by Gasteiger charge is -2.13. The zero-order chi connectivity index (χ0) is 21.5. The molecule has 0 radical (unpaired) electrons. The van der Waals surface area contributed by atoms with E-state index in [2.05, 4.69) is 31.1 Å². The van der Waals surface area contributed by atoms with Crippen molar-refractivity contribution < 1.29 is 9.53 Å². The van der Waals surface area contributed by atoms with Crippen molar-refractivity contribution in [2.75, 3.05) is 7.11 Å². The maximum atomic E-state index is 13.1. The summed E-state index contributed by atoms with van der Waals surface area (Å²) in [6, 6.07) is 7.60. The Balaban J connectivity index is 1.57. The lowest BCUT2D eigenvalue weighted by molar-refractivity contribution is 0.0597. The Morgan fingerprint density at radius 2 is 2.16 bits per heavy atom. The molecule has 0 bridgehead atoms. The van der Waals surface area contributed by atoms with Gasteiger partial charge in [0.15, 0.2) is 5.65 Å². The Morgan fingerprint density at radius 1 is 1.29 bits per heavy atom. The monoisotopic (exact) mass is 482 g/mol. The summed E-state index contributed by atoms with van der Waals surface area (Å²) < 4.78 is 10.8. The average Bonchev–Trinajstić information content (AvgIpc) is 3.37. The number of nitrogens with zero attached hydrogens (tertiary/aromatic N) is 6. The van der Waals surface area contributed by atoms with E-state index in [1.165, 1.54) is 24.2 Å². The molecule has 0 fully saturated rings. The fourth-order valence-corrected chi connectivity index (χ4v) is 4.40. The summed E-state index contributed by atoms with van der Waals surface area (Å²) in [6.45, 7) is 0.888.